The third kappa shape index (κ3) is 2.09. The van der Waals surface area contributed by atoms with Gasteiger partial charge >= 0.3 is 0 Å². The van der Waals surface area contributed by atoms with Gasteiger partial charge in [0.05, 0.1) is 0 Å². The van der Waals surface area contributed by atoms with E-state index < -0.39 is 0 Å². The molecule has 0 amide bonds. The molecule has 0 bridgehead atoms. The van der Waals surface area contributed by atoms with Crippen molar-refractivity contribution in [2.24, 2.45) is 4.99 Å². The van der Waals surface area contributed by atoms with E-state index in [4.69, 9.17) is 0 Å². The van der Waals surface area contributed by atoms with Crippen molar-refractivity contribution in [1.29, 1.82) is 0 Å². The molecule has 1 aromatic rings. The number of aromatic amines is 1. The van der Waals surface area contributed by atoms with Crippen molar-refractivity contribution in [2.45, 2.75) is 20.3 Å². The zero-order valence-electron chi connectivity index (χ0n) is 7.54. The second kappa shape index (κ2) is 4.54. The first-order chi connectivity index (χ1) is 5.88. The van der Waals surface area contributed by atoms with Gasteiger partial charge < -0.3 is 4.98 Å². The SMILES string of the molecule is C/C=C\C=N/c1[nH]ccc1CC. The second-order valence-corrected chi connectivity index (χ2v) is 2.51. The highest BCUT2D eigenvalue weighted by Gasteiger charge is 1.96. The van der Waals surface area contributed by atoms with E-state index in [9.17, 15) is 0 Å². The minimum absolute atomic E-state index is 0.968. The number of aryl methyl sites for hydroxylation is 1. The summed E-state index contributed by atoms with van der Waals surface area (Å²) in [5.41, 5.74) is 1.26. The molecular weight excluding hydrogens is 148 g/mol. The Kier molecular flexibility index (Phi) is 3.33. The van der Waals surface area contributed by atoms with Gasteiger partial charge in [-0.15, -0.1) is 0 Å². The molecule has 0 aliphatic heterocycles. The van der Waals surface area contributed by atoms with Crippen LogP contribution in [0.3, 0.4) is 0 Å². The van der Waals surface area contributed by atoms with Crippen LogP contribution in [-0.2, 0) is 6.42 Å². The number of nitrogens with one attached hydrogen (secondary N) is 1. The molecule has 0 atom stereocenters. The Bertz CT molecular complexity index is 282. The third-order valence-corrected chi connectivity index (χ3v) is 1.67. The predicted octanol–water partition coefficient (Wildman–Crippen LogP) is 2.86. The van der Waals surface area contributed by atoms with Crippen molar-refractivity contribution < 1.29 is 0 Å². The van der Waals surface area contributed by atoms with Crippen LogP contribution < -0.4 is 0 Å². The number of hydrogen-bond donors (Lipinski definition) is 1. The molecule has 2 nitrogen and oxygen atoms in total. The summed E-state index contributed by atoms with van der Waals surface area (Å²) in [6, 6.07) is 2.06. The van der Waals surface area contributed by atoms with Crippen molar-refractivity contribution in [1.82, 2.24) is 4.98 Å². The van der Waals surface area contributed by atoms with Crippen LogP contribution in [-0.4, -0.2) is 11.2 Å². The molecule has 1 heterocycles. The molecule has 0 aliphatic carbocycles. The Morgan fingerprint density at radius 3 is 3.08 bits per heavy atom. The molecule has 0 aromatic carbocycles. The van der Waals surface area contributed by atoms with Crippen molar-refractivity contribution >= 4 is 12.0 Å². The molecular formula is C10H14N2. The Morgan fingerprint density at radius 2 is 2.42 bits per heavy atom. The quantitative estimate of drug-likeness (QED) is 0.662. The standard InChI is InChI=1S/C10H14N2/c1-3-5-7-11-10-9(4-2)6-8-12-10/h3,5-8,12H,4H2,1-2H3/b5-3-,11-7-. The topological polar surface area (TPSA) is 28.1 Å². The summed E-state index contributed by atoms with van der Waals surface area (Å²) in [5, 5.41) is 0. The largest absolute Gasteiger partial charge is 0.346 e. The van der Waals surface area contributed by atoms with Gasteiger partial charge in [0.15, 0.2) is 0 Å². The van der Waals surface area contributed by atoms with E-state index in [1.165, 1.54) is 5.56 Å². The number of hydrogen-bond acceptors (Lipinski definition) is 1. The van der Waals surface area contributed by atoms with Gasteiger partial charge in [-0.1, -0.05) is 13.0 Å². The third-order valence-electron chi connectivity index (χ3n) is 1.67. The summed E-state index contributed by atoms with van der Waals surface area (Å²) >= 11 is 0. The lowest BCUT2D eigenvalue weighted by molar-refractivity contribution is 1.14. The number of allylic oxidation sites excluding steroid dienone is 2. The van der Waals surface area contributed by atoms with Crippen LogP contribution in [0, 0.1) is 0 Å². The van der Waals surface area contributed by atoms with E-state index in [2.05, 4.69) is 23.0 Å². The monoisotopic (exact) mass is 162 g/mol. The number of nitrogens with zero attached hydrogens (tertiary/aromatic N) is 1. The molecule has 12 heavy (non-hydrogen) atoms. The van der Waals surface area contributed by atoms with E-state index in [0.29, 0.717) is 0 Å². The number of rotatable bonds is 3. The van der Waals surface area contributed by atoms with Gasteiger partial charge in [-0.25, -0.2) is 4.99 Å². The molecule has 0 fully saturated rings. The van der Waals surface area contributed by atoms with Gasteiger partial charge in [-0.05, 0) is 31.1 Å². The Morgan fingerprint density at radius 1 is 1.58 bits per heavy atom. The summed E-state index contributed by atoms with van der Waals surface area (Å²) < 4.78 is 0. The molecule has 1 N–H and O–H groups in total. The highest BCUT2D eigenvalue weighted by Crippen LogP contribution is 2.15. The maximum Gasteiger partial charge on any atom is 0.133 e. The maximum absolute atomic E-state index is 4.26. The molecule has 0 aliphatic rings. The number of aromatic nitrogens is 1. The fourth-order valence-electron chi connectivity index (χ4n) is 1.00. The molecule has 64 valence electrons. The zero-order valence-corrected chi connectivity index (χ0v) is 7.54. The Labute approximate surface area is 73.0 Å². The van der Waals surface area contributed by atoms with Crippen LogP contribution in [0.5, 0.6) is 0 Å². The van der Waals surface area contributed by atoms with Gasteiger partial charge in [0, 0.05) is 12.4 Å². The zero-order chi connectivity index (χ0) is 8.81. The lowest BCUT2D eigenvalue weighted by atomic mass is 10.2. The first-order valence-corrected chi connectivity index (χ1v) is 4.20. The number of aliphatic imine (C=N–C) groups is 1. The molecule has 1 rings (SSSR count). The molecule has 2 heteroatoms. The minimum Gasteiger partial charge on any atom is -0.346 e. The second-order valence-electron chi connectivity index (χ2n) is 2.51. The van der Waals surface area contributed by atoms with E-state index in [0.717, 1.165) is 12.2 Å². The first-order valence-electron chi connectivity index (χ1n) is 4.20. The van der Waals surface area contributed by atoms with Crippen LogP contribution in [0.4, 0.5) is 5.82 Å². The van der Waals surface area contributed by atoms with Crippen molar-refractivity contribution in [3.63, 3.8) is 0 Å². The summed E-state index contributed by atoms with van der Waals surface area (Å²) in [6.07, 6.45) is 8.61. The highest BCUT2D eigenvalue weighted by atomic mass is 14.9. The van der Waals surface area contributed by atoms with Crippen LogP contribution in [0.25, 0.3) is 0 Å². The lowest BCUT2D eigenvalue weighted by Crippen LogP contribution is -1.75. The molecule has 0 spiro atoms. The van der Waals surface area contributed by atoms with Crippen LogP contribution in [0.15, 0.2) is 29.4 Å². The van der Waals surface area contributed by atoms with E-state index in [-0.39, 0.29) is 0 Å². The molecule has 0 radical (unpaired) electrons. The Balaban J connectivity index is 2.74. The average Bonchev–Trinajstić information content (AvgIpc) is 2.52. The fraction of sp³-hybridized carbons (Fsp3) is 0.300. The highest BCUT2D eigenvalue weighted by molar-refractivity contribution is 5.74. The molecule has 0 saturated heterocycles. The summed E-state index contributed by atoms with van der Waals surface area (Å²) in [5.74, 6) is 0.968. The van der Waals surface area contributed by atoms with Crippen molar-refractivity contribution in [3.8, 4) is 0 Å². The molecule has 0 unspecified atom stereocenters. The minimum atomic E-state index is 0.968. The van der Waals surface area contributed by atoms with Crippen LogP contribution >= 0.6 is 0 Å². The van der Waals surface area contributed by atoms with Gasteiger partial charge in [0.25, 0.3) is 0 Å². The number of H-pyrrole nitrogens is 1. The lowest BCUT2D eigenvalue weighted by Gasteiger charge is -1.91. The van der Waals surface area contributed by atoms with Gasteiger partial charge in [-0.3, -0.25) is 0 Å². The van der Waals surface area contributed by atoms with Crippen molar-refractivity contribution in [3.05, 3.63) is 30.0 Å². The Hall–Kier alpha value is -1.31. The normalized spacial score (nSPS) is 11.8. The van der Waals surface area contributed by atoms with Crippen LogP contribution in [0.2, 0.25) is 0 Å². The first kappa shape index (κ1) is 8.78. The van der Waals surface area contributed by atoms with E-state index >= 15 is 0 Å². The van der Waals surface area contributed by atoms with E-state index in [1.54, 1.807) is 6.21 Å². The van der Waals surface area contributed by atoms with E-state index in [1.807, 2.05) is 25.3 Å². The van der Waals surface area contributed by atoms with Gasteiger partial charge in [-0.2, -0.15) is 0 Å². The summed E-state index contributed by atoms with van der Waals surface area (Å²) in [6.45, 7) is 4.10. The molecule has 1 aromatic heterocycles. The average molecular weight is 162 g/mol. The summed E-state index contributed by atoms with van der Waals surface area (Å²) in [4.78, 5) is 7.34. The van der Waals surface area contributed by atoms with Gasteiger partial charge in [0.1, 0.15) is 5.82 Å². The fourth-order valence-corrected chi connectivity index (χ4v) is 1.00. The maximum atomic E-state index is 4.26. The molecule has 0 saturated carbocycles. The van der Waals surface area contributed by atoms with Gasteiger partial charge in [0.2, 0.25) is 0 Å². The van der Waals surface area contributed by atoms with Crippen LogP contribution in [0.1, 0.15) is 19.4 Å². The van der Waals surface area contributed by atoms with Crippen molar-refractivity contribution in [2.75, 3.05) is 0 Å². The predicted molar refractivity (Wildman–Crippen MR) is 53.1 cm³/mol. The summed E-state index contributed by atoms with van der Waals surface area (Å²) in [7, 11) is 0. The smallest absolute Gasteiger partial charge is 0.133 e.